The van der Waals surface area contributed by atoms with Crippen LogP contribution in [0.1, 0.15) is 118 Å². The number of esters is 2. The lowest BCUT2D eigenvalue weighted by molar-refractivity contribution is -0.161. The first-order valence-electron chi connectivity index (χ1n) is 15.2. The van der Waals surface area contributed by atoms with Crippen LogP contribution in [0.4, 0.5) is 0 Å². The molecule has 0 aliphatic rings. The van der Waals surface area contributed by atoms with E-state index in [4.69, 9.17) is 15.6 Å². The van der Waals surface area contributed by atoms with Crippen LogP contribution in [0.25, 0.3) is 0 Å². The molecule has 4 atom stereocenters. The minimum absolute atomic E-state index is 0.0231. The number of Topliss-reactive ketones (excluding diaryl/α,β-unsaturated/α-hetero) is 1. The summed E-state index contributed by atoms with van der Waals surface area (Å²) in [7, 11) is 1.42. The number of hydrogen-bond donors (Lipinski definition) is 3. The van der Waals surface area contributed by atoms with Gasteiger partial charge in [-0.2, -0.15) is 0 Å². The minimum Gasteiger partial charge on any atom is -0.478 e. The van der Waals surface area contributed by atoms with E-state index in [2.05, 4.69) is 18.6 Å². The number of ketones is 1. The first-order chi connectivity index (χ1) is 19.6. The Hall–Kier alpha value is -2.78. The second-order valence-corrected chi connectivity index (χ2v) is 12.5. The lowest BCUT2D eigenvalue weighted by atomic mass is 9.92. The second kappa shape index (κ2) is 23.6. The Morgan fingerprint density at radius 1 is 0.814 bits per heavy atom. The van der Waals surface area contributed by atoms with Gasteiger partial charge in [0.1, 0.15) is 5.78 Å². The van der Waals surface area contributed by atoms with Gasteiger partial charge in [-0.05, 0) is 68.4 Å². The van der Waals surface area contributed by atoms with Gasteiger partial charge in [-0.25, -0.2) is 9.59 Å². The van der Waals surface area contributed by atoms with Gasteiger partial charge in [-0.15, -0.1) is 0 Å². The zero-order valence-electron chi connectivity index (χ0n) is 29.1. The van der Waals surface area contributed by atoms with E-state index in [1.807, 2.05) is 67.5 Å². The van der Waals surface area contributed by atoms with Crippen molar-refractivity contribution in [1.82, 2.24) is 0 Å². The smallest absolute Gasteiger partial charge is 0.335 e. The molecule has 250 valence electrons. The first kappa shape index (κ1) is 44.7. The molecule has 0 amide bonds. The van der Waals surface area contributed by atoms with Crippen molar-refractivity contribution in [3.05, 3.63) is 35.4 Å². The van der Waals surface area contributed by atoms with Crippen LogP contribution in [0.2, 0.25) is 0 Å². The molecule has 1 rings (SSSR count). The number of aromatic carboxylic acids is 1. The number of carboxylic acids is 1. The zero-order chi connectivity index (χ0) is 34.6. The molecule has 1 aromatic carbocycles. The summed E-state index contributed by atoms with van der Waals surface area (Å²) in [6.45, 7) is 24.8. The first-order valence-corrected chi connectivity index (χ1v) is 15.2. The van der Waals surface area contributed by atoms with Crippen molar-refractivity contribution in [2.45, 2.75) is 121 Å². The molecular formula is C34H61NO8. The molecule has 0 heterocycles. The third kappa shape index (κ3) is 21.5. The second-order valence-electron chi connectivity index (χ2n) is 12.5. The van der Waals surface area contributed by atoms with Crippen LogP contribution in [-0.2, 0) is 23.9 Å². The fourth-order valence-electron chi connectivity index (χ4n) is 3.21. The highest BCUT2D eigenvalue weighted by molar-refractivity contribution is 5.89. The number of hydrogen-bond acceptors (Lipinski definition) is 8. The number of aliphatic hydroxyl groups excluding tert-OH is 1. The Morgan fingerprint density at radius 2 is 1.30 bits per heavy atom. The molecule has 0 radical (unpaired) electrons. The summed E-state index contributed by atoms with van der Waals surface area (Å²) < 4.78 is 9.43. The number of carbonyl (C=O) groups excluding carboxylic acids is 3. The van der Waals surface area contributed by atoms with E-state index in [-0.39, 0.29) is 47.6 Å². The largest absolute Gasteiger partial charge is 0.478 e. The van der Waals surface area contributed by atoms with Crippen LogP contribution >= 0.6 is 0 Å². The van der Waals surface area contributed by atoms with Gasteiger partial charge in [0.15, 0.2) is 6.10 Å². The van der Waals surface area contributed by atoms with Gasteiger partial charge >= 0.3 is 17.9 Å². The predicted octanol–water partition coefficient (Wildman–Crippen LogP) is 6.50. The van der Waals surface area contributed by atoms with Crippen molar-refractivity contribution in [1.29, 1.82) is 0 Å². The SMILES string of the molecule is CC(=O)C(N)CC(C)C.CC(C)OC(=O)C(O)C(C)C(C)C.CC(C)c1ccccc1C(=O)O.COC(=O)C(C)C(C)C. The Balaban J connectivity index is -0.000000503. The normalized spacial score (nSPS) is 13.4. The third-order valence-corrected chi connectivity index (χ3v) is 6.78. The fourth-order valence-corrected chi connectivity index (χ4v) is 3.21. The monoisotopic (exact) mass is 611 g/mol. The maximum absolute atomic E-state index is 11.2. The highest BCUT2D eigenvalue weighted by Crippen LogP contribution is 2.19. The van der Waals surface area contributed by atoms with E-state index >= 15 is 0 Å². The average Bonchev–Trinajstić information content (AvgIpc) is 2.91. The summed E-state index contributed by atoms with van der Waals surface area (Å²) in [5, 5.41) is 18.3. The number of methoxy groups -OCH3 is 1. The molecule has 4 N–H and O–H groups in total. The highest BCUT2D eigenvalue weighted by Gasteiger charge is 2.26. The molecule has 9 heteroatoms. The molecule has 0 aliphatic heterocycles. The van der Waals surface area contributed by atoms with Gasteiger partial charge in [0.25, 0.3) is 0 Å². The highest BCUT2D eigenvalue weighted by atomic mass is 16.6. The van der Waals surface area contributed by atoms with Crippen molar-refractivity contribution in [2.24, 2.45) is 35.3 Å². The van der Waals surface area contributed by atoms with Gasteiger partial charge < -0.3 is 25.4 Å². The van der Waals surface area contributed by atoms with Crippen molar-refractivity contribution in [2.75, 3.05) is 7.11 Å². The average molecular weight is 612 g/mol. The van der Waals surface area contributed by atoms with Crippen LogP contribution in [0.15, 0.2) is 24.3 Å². The van der Waals surface area contributed by atoms with Crippen LogP contribution in [0.3, 0.4) is 0 Å². The standard InChI is InChI=1S/C10H20O3.C10H12O2.C7H15NO.C7H14O2/c1-6(2)8(5)9(11)10(12)13-7(3)4;1-7(2)8-5-3-4-6-9(8)10(11)12;1-5(2)4-7(8)6(3)9;1-5(2)6(3)7(8)9-4/h6-9,11H,1-5H3;3-7H,1-2H3,(H,11,12);5,7H,4,8H2,1-3H3;5-6H,1-4H3. The number of rotatable bonds is 11. The fraction of sp³-hybridized carbons (Fsp3) is 0.706. The van der Waals surface area contributed by atoms with Crippen molar-refractivity contribution in [3.63, 3.8) is 0 Å². The number of carbonyl (C=O) groups is 4. The molecule has 0 aliphatic carbocycles. The lowest BCUT2D eigenvalue weighted by Crippen LogP contribution is -2.33. The van der Waals surface area contributed by atoms with E-state index in [1.54, 1.807) is 26.0 Å². The van der Waals surface area contributed by atoms with E-state index in [0.29, 0.717) is 17.4 Å². The lowest BCUT2D eigenvalue weighted by Gasteiger charge is -2.21. The maximum atomic E-state index is 11.2. The van der Waals surface area contributed by atoms with Crippen LogP contribution < -0.4 is 5.73 Å². The molecule has 0 bridgehead atoms. The van der Waals surface area contributed by atoms with Crippen molar-refractivity contribution in [3.8, 4) is 0 Å². The summed E-state index contributed by atoms with van der Waals surface area (Å²) in [5.74, 6) is -0.0150. The van der Waals surface area contributed by atoms with Gasteiger partial charge in [-0.1, -0.05) is 87.4 Å². The predicted molar refractivity (Wildman–Crippen MR) is 173 cm³/mol. The number of aliphatic hydroxyl groups is 1. The molecule has 0 saturated carbocycles. The zero-order valence-corrected chi connectivity index (χ0v) is 29.1. The van der Waals surface area contributed by atoms with E-state index < -0.39 is 18.0 Å². The van der Waals surface area contributed by atoms with E-state index in [1.165, 1.54) is 14.0 Å². The van der Waals surface area contributed by atoms with Gasteiger partial charge in [0.2, 0.25) is 0 Å². The number of nitrogens with two attached hydrogens (primary N) is 1. The van der Waals surface area contributed by atoms with E-state index in [9.17, 15) is 24.3 Å². The van der Waals surface area contributed by atoms with E-state index in [0.717, 1.165) is 12.0 Å². The molecule has 43 heavy (non-hydrogen) atoms. The molecule has 0 aromatic heterocycles. The molecule has 9 nitrogen and oxygen atoms in total. The summed E-state index contributed by atoms with van der Waals surface area (Å²) >= 11 is 0. The van der Waals surface area contributed by atoms with Crippen LogP contribution in [0.5, 0.6) is 0 Å². The maximum Gasteiger partial charge on any atom is 0.335 e. The molecule has 0 saturated heterocycles. The Bertz CT molecular complexity index is 940. The van der Waals surface area contributed by atoms with Crippen molar-refractivity contribution >= 4 is 23.7 Å². The van der Waals surface area contributed by atoms with Crippen molar-refractivity contribution < 1.29 is 38.9 Å². The minimum atomic E-state index is -0.998. The molecule has 0 fully saturated rings. The Labute approximate surface area is 260 Å². The third-order valence-electron chi connectivity index (χ3n) is 6.78. The van der Waals surface area contributed by atoms with Gasteiger partial charge in [0, 0.05) is 0 Å². The Morgan fingerprint density at radius 3 is 1.56 bits per heavy atom. The summed E-state index contributed by atoms with van der Waals surface area (Å²) in [6, 6.07) is 6.85. The van der Waals surface area contributed by atoms with Gasteiger partial charge in [-0.3, -0.25) is 9.59 Å². The summed E-state index contributed by atoms with van der Waals surface area (Å²) in [5.41, 5.74) is 6.77. The van der Waals surface area contributed by atoms with Crippen LogP contribution in [-0.4, -0.2) is 59.3 Å². The number of carboxylic acid groups (broad SMARTS) is 1. The summed E-state index contributed by atoms with van der Waals surface area (Å²) in [4.78, 5) is 43.2. The molecule has 1 aromatic rings. The number of benzene rings is 1. The quantitative estimate of drug-likeness (QED) is 0.238. The molecule has 4 unspecified atom stereocenters. The number of ether oxygens (including phenoxy) is 2. The van der Waals surface area contributed by atoms with Gasteiger partial charge in [0.05, 0.1) is 30.7 Å². The van der Waals surface area contributed by atoms with Crippen LogP contribution in [0, 0.1) is 29.6 Å². The topological polar surface area (TPSA) is 153 Å². The summed E-state index contributed by atoms with van der Waals surface area (Å²) in [6.07, 6.45) is -0.362. The molecular weight excluding hydrogens is 550 g/mol. The molecule has 0 spiro atoms. The Kier molecular flexibility index (Phi) is 24.6.